The standard InChI is InChI=1S/C29H29ClN6O4/c1-17-19(6-5-9-23(17)33-27(38)22-10-12-32-35(2)29(22)39)20-7-4-8-21(26(20)30)24-14-31-25(28(34-24)40-3)16-36-13-11-18(37)15-36/h4-10,12,14,18,37H,11,13,15-16H2,1-3H3,(H,33,38)/t18-/m0/s1. The second-order valence-electron chi connectivity index (χ2n) is 9.66. The summed E-state index contributed by atoms with van der Waals surface area (Å²) in [6.07, 6.45) is 3.50. The molecule has 3 heterocycles. The third-order valence-electron chi connectivity index (χ3n) is 7.02. The van der Waals surface area contributed by atoms with Gasteiger partial charge in [0.1, 0.15) is 11.3 Å². The van der Waals surface area contributed by atoms with Crippen molar-refractivity contribution in [2.45, 2.75) is 26.0 Å². The van der Waals surface area contributed by atoms with Crippen molar-refractivity contribution in [1.82, 2.24) is 24.6 Å². The number of likely N-dealkylation sites (tertiary alicyclic amines) is 1. The zero-order valence-corrected chi connectivity index (χ0v) is 23.1. The monoisotopic (exact) mass is 560 g/mol. The summed E-state index contributed by atoms with van der Waals surface area (Å²) < 4.78 is 6.67. The Morgan fingerprint density at radius 2 is 1.93 bits per heavy atom. The number of aromatic nitrogens is 4. The number of aliphatic hydroxyl groups is 1. The second kappa shape index (κ2) is 11.5. The molecule has 2 aromatic heterocycles. The number of aliphatic hydroxyl groups excluding tert-OH is 1. The number of nitrogens with one attached hydrogen (secondary N) is 1. The molecule has 2 N–H and O–H groups in total. The van der Waals surface area contributed by atoms with Gasteiger partial charge in [-0.05, 0) is 36.6 Å². The van der Waals surface area contributed by atoms with Crippen LogP contribution >= 0.6 is 11.6 Å². The normalized spacial score (nSPS) is 15.3. The van der Waals surface area contributed by atoms with Crippen molar-refractivity contribution < 1.29 is 14.6 Å². The van der Waals surface area contributed by atoms with Gasteiger partial charge in [-0.25, -0.2) is 9.67 Å². The molecule has 1 fully saturated rings. The van der Waals surface area contributed by atoms with Crippen LogP contribution in [0.3, 0.4) is 0 Å². The average Bonchev–Trinajstić information content (AvgIpc) is 3.36. The van der Waals surface area contributed by atoms with Crippen LogP contribution in [-0.4, -0.2) is 62.0 Å². The van der Waals surface area contributed by atoms with Gasteiger partial charge < -0.3 is 15.2 Å². The van der Waals surface area contributed by atoms with Crippen LogP contribution in [0.5, 0.6) is 5.88 Å². The summed E-state index contributed by atoms with van der Waals surface area (Å²) in [7, 11) is 3.05. The van der Waals surface area contributed by atoms with Gasteiger partial charge in [0.05, 0.1) is 30.1 Å². The fourth-order valence-corrected chi connectivity index (χ4v) is 5.16. The third-order valence-corrected chi connectivity index (χ3v) is 7.43. The molecule has 4 aromatic rings. The largest absolute Gasteiger partial charge is 0.480 e. The number of amides is 1. The number of hydrogen-bond donors (Lipinski definition) is 2. The summed E-state index contributed by atoms with van der Waals surface area (Å²) in [5.41, 5.74) is 4.36. The minimum atomic E-state index is -0.519. The molecule has 0 bridgehead atoms. The molecule has 1 aliphatic rings. The lowest BCUT2D eigenvalue weighted by Crippen LogP contribution is -2.28. The van der Waals surface area contributed by atoms with Crippen LogP contribution < -0.4 is 15.6 Å². The van der Waals surface area contributed by atoms with Gasteiger partial charge in [0.15, 0.2) is 0 Å². The van der Waals surface area contributed by atoms with Gasteiger partial charge in [0.2, 0.25) is 5.88 Å². The van der Waals surface area contributed by atoms with Crippen molar-refractivity contribution in [3.63, 3.8) is 0 Å². The van der Waals surface area contributed by atoms with Crippen molar-refractivity contribution in [3.05, 3.63) is 87.1 Å². The molecule has 206 valence electrons. The highest BCUT2D eigenvalue weighted by atomic mass is 35.5. The predicted molar refractivity (Wildman–Crippen MR) is 153 cm³/mol. The lowest BCUT2D eigenvalue weighted by molar-refractivity contribution is 0.102. The minimum Gasteiger partial charge on any atom is -0.480 e. The zero-order chi connectivity index (χ0) is 28.4. The third kappa shape index (κ3) is 5.46. The van der Waals surface area contributed by atoms with Crippen LogP contribution in [0.1, 0.15) is 28.0 Å². The number of hydrogen-bond acceptors (Lipinski definition) is 8. The summed E-state index contributed by atoms with van der Waals surface area (Å²) in [5, 5.41) is 17.0. The zero-order valence-electron chi connectivity index (χ0n) is 22.4. The number of nitrogens with zero attached hydrogens (tertiary/aromatic N) is 5. The van der Waals surface area contributed by atoms with Crippen LogP contribution in [0.4, 0.5) is 5.69 Å². The van der Waals surface area contributed by atoms with Crippen LogP contribution in [0.15, 0.2) is 59.7 Å². The molecular weight excluding hydrogens is 532 g/mol. The fourth-order valence-electron chi connectivity index (χ4n) is 4.84. The lowest BCUT2D eigenvalue weighted by atomic mass is 9.96. The smallest absolute Gasteiger partial charge is 0.279 e. The first-order chi connectivity index (χ1) is 19.3. The molecule has 0 saturated carbocycles. The number of rotatable bonds is 7. The van der Waals surface area contributed by atoms with Gasteiger partial charge in [0.25, 0.3) is 11.5 Å². The van der Waals surface area contributed by atoms with E-state index < -0.39 is 11.5 Å². The average molecular weight is 561 g/mol. The minimum absolute atomic E-state index is 0.000731. The number of carbonyl (C=O) groups is 1. The Bertz CT molecular complexity index is 1640. The lowest BCUT2D eigenvalue weighted by Gasteiger charge is -2.17. The molecule has 1 aliphatic heterocycles. The summed E-state index contributed by atoms with van der Waals surface area (Å²) in [6, 6.07) is 12.6. The Hall–Kier alpha value is -4.12. The van der Waals surface area contributed by atoms with E-state index in [1.54, 1.807) is 19.4 Å². The number of anilines is 1. The Balaban J connectivity index is 1.45. The van der Waals surface area contributed by atoms with Crippen molar-refractivity contribution in [1.29, 1.82) is 0 Å². The summed E-state index contributed by atoms with van der Waals surface area (Å²) in [6.45, 7) is 3.80. The van der Waals surface area contributed by atoms with Crippen molar-refractivity contribution in [3.8, 4) is 28.3 Å². The first-order valence-electron chi connectivity index (χ1n) is 12.8. The van der Waals surface area contributed by atoms with Crippen LogP contribution in [-0.2, 0) is 13.6 Å². The van der Waals surface area contributed by atoms with Gasteiger partial charge in [-0.3, -0.25) is 19.5 Å². The number of benzene rings is 2. The number of β-amino-alcohol motifs (C(OH)–C–C–N with tert-alkyl or cyclic N) is 1. The Morgan fingerprint density at radius 3 is 2.67 bits per heavy atom. The molecule has 0 unspecified atom stereocenters. The summed E-state index contributed by atoms with van der Waals surface area (Å²) in [5.74, 6) is -0.113. The molecule has 5 rings (SSSR count). The molecule has 0 spiro atoms. The van der Waals surface area contributed by atoms with E-state index in [0.717, 1.165) is 34.3 Å². The molecule has 40 heavy (non-hydrogen) atoms. The molecule has 1 saturated heterocycles. The van der Waals surface area contributed by atoms with E-state index in [4.69, 9.17) is 21.3 Å². The van der Waals surface area contributed by atoms with E-state index in [0.29, 0.717) is 46.6 Å². The highest BCUT2D eigenvalue weighted by Gasteiger charge is 2.23. The van der Waals surface area contributed by atoms with E-state index in [9.17, 15) is 14.7 Å². The van der Waals surface area contributed by atoms with Crippen LogP contribution in [0.25, 0.3) is 22.4 Å². The number of aryl methyl sites for hydroxylation is 1. The fraction of sp³-hybridized carbons (Fsp3) is 0.276. The topological polar surface area (TPSA) is 122 Å². The summed E-state index contributed by atoms with van der Waals surface area (Å²) >= 11 is 6.95. The number of carbonyl (C=O) groups excluding carboxylic acids is 1. The van der Waals surface area contributed by atoms with Gasteiger partial charge in [0, 0.05) is 49.7 Å². The Labute approximate surface area is 236 Å². The Kier molecular flexibility index (Phi) is 7.92. The SMILES string of the molecule is COc1nc(-c2cccc(-c3cccc(NC(=O)c4ccnn(C)c4=O)c3C)c2Cl)cnc1CN1CC[C@H](O)C1. The Morgan fingerprint density at radius 1 is 1.18 bits per heavy atom. The molecule has 2 aromatic carbocycles. The predicted octanol–water partition coefficient (Wildman–Crippen LogP) is 3.69. The first kappa shape index (κ1) is 27.4. The quantitative estimate of drug-likeness (QED) is 0.351. The van der Waals surface area contributed by atoms with Crippen LogP contribution in [0.2, 0.25) is 5.02 Å². The van der Waals surface area contributed by atoms with Crippen LogP contribution in [0, 0.1) is 6.92 Å². The van der Waals surface area contributed by atoms with Gasteiger partial charge in [-0.2, -0.15) is 5.10 Å². The van der Waals surface area contributed by atoms with E-state index >= 15 is 0 Å². The van der Waals surface area contributed by atoms with Gasteiger partial charge in [-0.15, -0.1) is 0 Å². The molecular formula is C29H29ClN6O4. The van der Waals surface area contributed by atoms with Crippen molar-refractivity contribution in [2.24, 2.45) is 7.05 Å². The van der Waals surface area contributed by atoms with E-state index in [1.807, 2.05) is 37.3 Å². The maximum absolute atomic E-state index is 12.9. The molecule has 1 amide bonds. The van der Waals surface area contributed by atoms with E-state index in [1.165, 1.54) is 19.3 Å². The molecule has 11 heteroatoms. The maximum atomic E-state index is 12.9. The maximum Gasteiger partial charge on any atom is 0.279 e. The highest BCUT2D eigenvalue weighted by Crippen LogP contribution is 2.39. The van der Waals surface area contributed by atoms with Crippen molar-refractivity contribution >= 4 is 23.2 Å². The van der Waals surface area contributed by atoms with E-state index in [2.05, 4.69) is 20.3 Å². The van der Waals surface area contributed by atoms with Crippen molar-refractivity contribution in [2.75, 3.05) is 25.5 Å². The highest BCUT2D eigenvalue weighted by molar-refractivity contribution is 6.36. The number of methoxy groups -OCH3 is 1. The number of halogens is 1. The summed E-state index contributed by atoms with van der Waals surface area (Å²) in [4.78, 5) is 36.7. The van der Waals surface area contributed by atoms with Gasteiger partial charge >= 0.3 is 0 Å². The second-order valence-corrected chi connectivity index (χ2v) is 10.0. The molecule has 10 nitrogen and oxygen atoms in total. The molecule has 0 aliphatic carbocycles. The first-order valence-corrected chi connectivity index (χ1v) is 13.2. The molecule has 1 atom stereocenters. The molecule has 0 radical (unpaired) electrons. The number of ether oxygens (including phenoxy) is 1. The van der Waals surface area contributed by atoms with Gasteiger partial charge in [-0.1, -0.05) is 41.9 Å². The van der Waals surface area contributed by atoms with E-state index in [-0.39, 0.29) is 11.7 Å².